The van der Waals surface area contributed by atoms with Crippen LogP contribution in [0.2, 0.25) is 5.02 Å². The second-order valence-corrected chi connectivity index (χ2v) is 8.55. The SMILES string of the molecule is C=CCN1CCC2(CC1)CN(C(=O)COc1ccc(Cl)cc1)c1ccc(C)cc12. The van der Waals surface area contributed by atoms with Crippen molar-refractivity contribution >= 4 is 23.2 Å². The average Bonchev–Trinajstić information content (AvgIpc) is 3.03. The lowest BCUT2D eigenvalue weighted by Gasteiger charge is -2.39. The normalized spacial score (nSPS) is 17.9. The number of rotatable bonds is 5. The van der Waals surface area contributed by atoms with E-state index in [1.807, 2.05) is 11.0 Å². The van der Waals surface area contributed by atoms with Gasteiger partial charge in [-0.15, -0.1) is 6.58 Å². The molecular formula is C24H27ClN2O2. The molecule has 0 unspecified atom stereocenters. The number of likely N-dealkylation sites (tertiary alicyclic amines) is 1. The standard InChI is InChI=1S/C24H27ClN2O2/c1-3-12-26-13-10-24(11-14-26)17-27(22-9-4-18(2)15-21(22)24)23(28)16-29-20-7-5-19(25)6-8-20/h3-9,15H,1,10-14,16-17H2,2H3. The number of ether oxygens (including phenoxy) is 1. The van der Waals surface area contributed by atoms with Crippen molar-refractivity contribution in [3.63, 3.8) is 0 Å². The molecule has 0 saturated carbocycles. The third-order valence-corrected chi connectivity index (χ3v) is 6.40. The first-order chi connectivity index (χ1) is 14.0. The molecule has 2 heterocycles. The Hall–Kier alpha value is -2.30. The van der Waals surface area contributed by atoms with E-state index < -0.39 is 0 Å². The fourth-order valence-electron chi connectivity index (χ4n) is 4.53. The summed E-state index contributed by atoms with van der Waals surface area (Å²) in [4.78, 5) is 17.4. The maximum atomic E-state index is 13.1. The monoisotopic (exact) mass is 410 g/mol. The van der Waals surface area contributed by atoms with Gasteiger partial charge in [0.1, 0.15) is 5.75 Å². The molecule has 1 saturated heterocycles. The van der Waals surface area contributed by atoms with Crippen molar-refractivity contribution in [3.8, 4) is 5.75 Å². The predicted molar refractivity (Wildman–Crippen MR) is 118 cm³/mol. The Kier molecular flexibility index (Phi) is 5.66. The van der Waals surface area contributed by atoms with Gasteiger partial charge in [0.2, 0.25) is 0 Å². The molecule has 2 aliphatic heterocycles. The zero-order valence-electron chi connectivity index (χ0n) is 16.9. The highest BCUT2D eigenvalue weighted by Gasteiger charge is 2.46. The smallest absolute Gasteiger partial charge is 0.264 e. The molecule has 0 aromatic heterocycles. The van der Waals surface area contributed by atoms with Gasteiger partial charge >= 0.3 is 0 Å². The summed E-state index contributed by atoms with van der Waals surface area (Å²) in [6.45, 7) is 9.72. The van der Waals surface area contributed by atoms with E-state index in [0.29, 0.717) is 10.8 Å². The van der Waals surface area contributed by atoms with E-state index in [1.54, 1.807) is 24.3 Å². The van der Waals surface area contributed by atoms with Gasteiger partial charge in [-0.25, -0.2) is 0 Å². The molecule has 2 aliphatic rings. The van der Waals surface area contributed by atoms with Gasteiger partial charge < -0.3 is 9.64 Å². The fraction of sp³-hybridized carbons (Fsp3) is 0.375. The van der Waals surface area contributed by atoms with E-state index in [9.17, 15) is 4.79 Å². The van der Waals surface area contributed by atoms with Crippen molar-refractivity contribution in [3.05, 3.63) is 71.3 Å². The molecule has 0 radical (unpaired) electrons. The van der Waals surface area contributed by atoms with Crippen LogP contribution >= 0.6 is 11.6 Å². The van der Waals surface area contributed by atoms with Crippen LogP contribution in [0.1, 0.15) is 24.0 Å². The van der Waals surface area contributed by atoms with Crippen molar-refractivity contribution in [1.82, 2.24) is 4.90 Å². The number of halogens is 1. The van der Waals surface area contributed by atoms with Crippen molar-refractivity contribution in [2.45, 2.75) is 25.2 Å². The van der Waals surface area contributed by atoms with Crippen LogP contribution in [-0.2, 0) is 10.2 Å². The molecule has 1 spiro atoms. The molecule has 0 N–H and O–H groups in total. The molecule has 5 heteroatoms. The van der Waals surface area contributed by atoms with Gasteiger partial charge in [-0.05, 0) is 68.8 Å². The Morgan fingerprint density at radius 1 is 1.21 bits per heavy atom. The average molecular weight is 411 g/mol. The quantitative estimate of drug-likeness (QED) is 0.675. The summed E-state index contributed by atoms with van der Waals surface area (Å²) in [6, 6.07) is 13.6. The minimum Gasteiger partial charge on any atom is -0.484 e. The molecule has 1 fully saturated rings. The third-order valence-electron chi connectivity index (χ3n) is 6.15. The first-order valence-corrected chi connectivity index (χ1v) is 10.5. The van der Waals surface area contributed by atoms with Gasteiger partial charge in [0.25, 0.3) is 5.91 Å². The van der Waals surface area contributed by atoms with Crippen molar-refractivity contribution in [1.29, 1.82) is 0 Å². The first kappa shape index (κ1) is 20.0. The number of hydrogen-bond donors (Lipinski definition) is 0. The summed E-state index contributed by atoms with van der Waals surface area (Å²) in [5.41, 5.74) is 3.63. The number of carbonyl (C=O) groups excluding carboxylic acids is 1. The van der Waals surface area contributed by atoms with E-state index >= 15 is 0 Å². The van der Waals surface area contributed by atoms with Crippen LogP contribution in [0.4, 0.5) is 5.69 Å². The lowest BCUT2D eigenvalue weighted by atomic mass is 9.74. The highest BCUT2D eigenvalue weighted by Crippen LogP contribution is 2.47. The molecule has 29 heavy (non-hydrogen) atoms. The number of amides is 1. The second kappa shape index (κ2) is 8.21. The van der Waals surface area contributed by atoms with Crippen molar-refractivity contribution in [2.75, 3.05) is 37.7 Å². The Morgan fingerprint density at radius 2 is 1.93 bits per heavy atom. The number of hydrogen-bond acceptors (Lipinski definition) is 3. The van der Waals surface area contributed by atoms with E-state index in [1.165, 1.54) is 11.1 Å². The van der Waals surface area contributed by atoms with Gasteiger partial charge in [-0.3, -0.25) is 9.69 Å². The summed E-state index contributed by atoms with van der Waals surface area (Å²) >= 11 is 5.92. The van der Waals surface area contributed by atoms with Crippen LogP contribution < -0.4 is 9.64 Å². The maximum Gasteiger partial charge on any atom is 0.264 e. The van der Waals surface area contributed by atoms with Crippen LogP contribution in [0, 0.1) is 6.92 Å². The summed E-state index contributed by atoms with van der Waals surface area (Å²) in [5.74, 6) is 0.647. The maximum absolute atomic E-state index is 13.1. The number of anilines is 1. The van der Waals surface area contributed by atoms with E-state index in [0.717, 1.165) is 44.7 Å². The molecule has 2 aromatic rings. The Morgan fingerprint density at radius 3 is 2.62 bits per heavy atom. The van der Waals surface area contributed by atoms with Crippen molar-refractivity contribution < 1.29 is 9.53 Å². The molecule has 4 rings (SSSR count). The summed E-state index contributed by atoms with van der Waals surface area (Å²) in [7, 11) is 0. The van der Waals surface area contributed by atoms with E-state index in [4.69, 9.17) is 16.3 Å². The third kappa shape index (κ3) is 4.05. The predicted octanol–water partition coefficient (Wildman–Crippen LogP) is 4.59. The van der Waals surface area contributed by atoms with Gasteiger partial charge in [0.15, 0.2) is 6.61 Å². The Balaban J connectivity index is 1.52. The second-order valence-electron chi connectivity index (χ2n) is 8.11. The number of fused-ring (bicyclic) bond motifs is 2. The zero-order chi connectivity index (χ0) is 20.4. The van der Waals surface area contributed by atoms with Crippen molar-refractivity contribution in [2.24, 2.45) is 0 Å². The summed E-state index contributed by atoms with van der Waals surface area (Å²) in [6.07, 6.45) is 4.08. The number of aryl methyl sites for hydroxylation is 1. The van der Waals surface area contributed by atoms with Gasteiger partial charge in [0, 0.05) is 29.2 Å². The van der Waals surface area contributed by atoms with E-state index in [2.05, 4.69) is 36.6 Å². The highest BCUT2D eigenvalue weighted by atomic mass is 35.5. The van der Waals surface area contributed by atoms with Gasteiger partial charge in [0.05, 0.1) is 0 Å². The van der Waals surface area contributed by atoms with Crippen LogP contribution in [0.3, 0.4) is 0 Å². The van der Waals surface area contributed by atoms with Crippen LogP contribution in [0.15, 0.2) is 55.1 Å². The van der Waals surface area contributed by atoms with Crippen LogP contribution in [0.25, 0.3) is 0 Å². The van der Waals surface area contributed by atoms with Crippen LogP contribution in [-0.4, -0.2) is 43.6 Å². The van der Waals surface area contributed by atoms with E-state index in [-0.39, 0.29) is 17.9 Å². The largest absolute Gasteiger partial charge is 0.484 e. The summed E-state index contributed by atoms with van der Waals surface area (Å²) in [5, 5.41) is 0.650. The minimum atomic E-state index is -0.00421. The molecule has 1 amide bonds. The van der Waals surface area contributed by atoms with Crippen LogP contribution in [0.5, 0.6) is 5.75 Å². The highest BCUT2D eigenvalue weighted by molar-refractivity contribution is 6.30. The van der Waals surface area contributed by atoms with Gasteiger partial charge in [-0.2, -0.15) is 0 Å². The van der Waals surface area contributed by atoms with Gasteiger partial charge in [-0.1, -0.05) is 35.4 Å². The number of nitrogens with zero attached hydrogens (tertiary/aromatic N) is 2. The zero-order valence-corrected chi connectivity index (χ0v) is 17.6. The number of carbonyl (C=O) groups is 1. The molecule has 2 aromatic carbocycles. The number of benzene rings is 2. The summed E-state index contributed by atoms with van der Waals surface area (Å²) < 4.78 is 5.73. The lowest BCUT2D eigenvalue weighted by Crippen LogP contribution is -2.46. The molecule has 152 valence electrons. The lowest BCUT2D eigenvalue weighted by molar-refractivity contribution is -0.120. The minimum absolute atomic E-state index is 0.00421. The topological polar surface area (TPSA) is 32.8 Å². The Bertz CT molecular complexity index is 902. The molecule has 0 atom stereocenters. The fourth-order valence-corrected chi connectivity index (χ4v) is 4.66. The number of piperidine rings is 1. The molecule has 0 aliphatic carbocycles. The molecule has 4 nitrogen and oxygen atoms in total. The molecular weight excluding hydrogens is 384 g/mol. The first-order valence-electron chi connectivity index (χ1n) is 10.1. The Labute approximate surface area is 177 Å². The molecule has 0 bridgehead atoms.